The van der Waals surface area contributed by atoms with E-state index in [0.29, 0.717) is 5.39 Å². The number of aromatic amines is 1. The fourth-order valence-corrected chi connectivity index (χ4v) is 3.62. The van der Waals surface area contributed by atoms with Gasteiger partial charge in [0.15, 0.2) is 0 Å². The Kier molecular flexibility index (Phi) is 3.95. The molecule has 3 N–H and O–H groups in total. The van der Waals surface area contributed by atoms with Crippen LogP contribution < -0.4 is 5.32 Å². The Morgan fingerprint density at radius 1 is 1.04 bits per heavy atom. The number of fused-ring (bicyclic) bond motifs is 2. The Morgan fingerprint density at radius 3 is 2.25 bits per heavy atom. The number of rotatable bonds is 3. The van der Waals surface area contributed by atoms with Crippen molar-refractivity contribution in [3.63, 3.8) is 0 Å². The van der Waals surface area contributed by atoms with E-state index in [0.717, 1.165) is 23.3 Å². The Hall–Kier alpha value is -3.29. The predicted octanol–water partition coefficient (Wildman–Crippen LogP) is 3.54. The zero-order valence-electron chi connectivity index (χ0n) is 14.4. The number of nitrogens with one attached hydrogen (secondary N) is 2. The lowest BCUT2D eigenvalue weighted by Crippen LogP contribution is -2.55. The van der Waals surface area contributed by atoms with Crippen LogP contribution in [0.5, 0.6) is 0 Å². The van der Waals surface area contributed by atoms with Gasteiger partial charge in [0.1, 0.15) is 11.2 Å². The lowest BCUT2D eigenvalue weighted by atomic mass is 9.95. The van der Waals surface area contributed by atoms with Gasteiger partial charge in [-0.3, -0.25) is 4.79 Å². The molecule has 0 fully saturated rings. The van der Waals surface area contributed by atoms with Crippen LogP contribution in [0.1, 0.15) is 27.2 Å². The van der Waals surface area contributed by atoms with E-state index in [1.54, 1.807) is 12.1 Å². The molecule has 3 aromatic rings. The van der Waals surface area contributed by atoms with E-state index in [1.165, 1.54) is 12.1 Å². The summed E-state index contributed by atoms with van der Waals surface area (Å²) in [5.41, 5.74) is -0.477. The molecule has 0 aliphatic heterocycles. The lowest BCUT2D eigenvalue weighted by molar-refractivity contribution is -0.144. The van der Waals surface area contributed by atoms with Crippen LogP contribution in [0.25, 0.3) is 10.9 Å². The fraction of sp³-hybridized carbons (Fsp3) is 0.200. The molecule has 1 heterocycles. The molecule has 144 valence electrons. The highest BCUT2D eigenvalue weighted by Gasteiger charge is 2.45. The zero-order chi connectivity index (χ0) is 20.1. The van der Waals surface area contributed by atoms with Gasteiger partial charge in [-0.15, -0.1) is 0 Å². The maximum Gasteiger partial charge on any atom is 0.416 e. The van der Waals surface area contributed by atoms with Gasteiger partial charge in [-0.2, -0.15) is 13.2 Å². The number of carboxylic acids is 1. The van der Waals surface area contributed by atoms with Gasteiger partial charge >= 0.3 is 12.1 Å². The van der Waals surface area contributed by atoms with Gasteiger partial charge in [0.25, 0.3) is 5.91 Å². The van der Waals surface area contributed by atoms with Gasteiger partial charge in [-0.25, -0.2) is 4.79 Å². The predicted molar refractivity (Wildman–Crippen MR) is 95.0 cm³/mol. The summed E-state index contributed by atoms with van der Waals surface area (Å²) in [5, 5.41) is 12.7. The summed E-state index contributed by atoms with van der Waals surface area (Å²) >= 11 is 0. The Morgan fingerprint density at radius 2 is 1.68 bits per heavy atom. The first-order valence-electron chi connectivity index (χ1n) is 8.51. The second kappa shape index (κ2) is 6.12. The highest BCUT2D eigenvalue weighted by Crippen LogP contribution is 2.33. The molecule has 0 atom stereocenters. The van der Waals surface area contributed by atoms with E-state index < -0.39 is 29.2 Å². The molecule has 5 nitrogen and oxygen atoms in total. The normalized spacial score (nSPS) is 15.4. The first-order valence-corrected chi connectivity index (χ1v) is 8.51. The SMILES string of the molecule is O=C(NC1(C(=O)O)Cc2ccccc2C1)c1cc2ccc(C(F)(F)F)cc2[nH]1. The molecular formula is C20H15F3N2O3. The largest absolute Gasteiger partial charge is 0.479 e. The molecule has 8 heteroatoms. The van der Waals surface area contributed by atoms with Gasteiger partial charge in [0.05, 0.1) is 5.56 Å². The lowest BCUT2D eigenvalue weighted by Gasteiger charge is -2.25. The van der Waals surface area contributed by atoms with E-state index in [2.05, 4.69) is 10.3 Å². The minimum Gasteiger partial charge on any atom is -0.479 e. The third kappa shape index (κ3) is 3.00. The van der Waals surface area contributed by atoms with Crippen LogP contribution in [-0.2, 0) is 23.8 Å². The molecule has 1 aliphatic rings. The molecule has 1 amide bonds. The quantitative estimate of drug-likeness (QED) is 0.642. The maximum absolute atomic E-state index is 12.9. The zero-order valence-corrected chi connectivity index (χ0v) is 14.4. The number of alkyl halides is 3. The highest BCUT2D eigenvalue weighted by atomic mass is 19.4. The second-order valence-electron chi connectivity index (χ2n) is 6.95. The van der Waals surface area contributed by atoms with Crippen LogP contribution >= 0.6 is 0 Å². The van der Waals surface area contributed by atoms with Gasteiger partial charge in [-0.05, 0) is 29.3 Å². The third-order valence-corrected chi connectivity index (χ3v) is 5.06. The van der Waals surface area contributed by atoms with Crippen molar-refractivity contribution < 1.29 is 27.9 Å². The van der Waals surface area contributed by atoms with Gasteiger partial charge in [-0.1, -0.05) is 30.3 Å². The average molecular weight is 388 g/mol. The molecule has 0 saturated carbocycles. The van der Waals surface area contributed by atoms with Crippen molar-refractivity contribution in [3.05, 3.63) is 70.9 Å². The number of carbonyl (C=O) groups is 2. The molecule has 0 bridgehead atoms. The van der Waals surface area contributed by atoms with Crippen molar-refractivity contribution in [3.8, 4) is 0 Å². The van der Waals surface area contributed by atoms with Crippen LogP contribution in [0.4, 0.5) is 13.2 Å². The van der Waals surface area contributed by atoms with Crippen LogP contribution in [0, 0.1) is 0 Å². The number of halogens is 3. The number of carbonyl (C=O) groups excluding carboxylic acids is 1. The average Bonchev–Trinajstić information content (AvgIpc) is 3.21. The number of carboxylic acid groups (broad SMARTS) is 1. The van der Waals surface area contributed by atoms with E-state index in [4.69, 9.17) is 0 Å². The van der Waals surface area contributed by atoms with Gasteiger partial charge in [0.2, 0.25) is 0 Å². The molecule has 4 rings (SSSR count). The molecule has 28 heavy (non-hydrogen) atoms. The molecule has 0 saturated heterocycles. The number of hydrogen-bond donors (Lipinski definition) is 3. The number of aliphatic carboxylic acids is 1. The third-order valence-electron chi connectivity index (χ3n) is 5.06. The monoisotopic (exact) mass is 388 g/mol. The Labute approximate surface area is 157 Å². The molecule has 0 spiro atoms. The van der Waals surface area contributed by atoms with Crippen LogP contribution in [0.15, 0.2) is 48.5 Å². The number of aromatic nitrogens is 1. The van der Waals surface area contributed by atoms with Crippen LogP contribution in [0.3, 0.4) is 0 Å². The molecular weight excluding hydrogens is 373 g/mol. The standard InChI is InChI=1S/C20H15F3N2O3/c21-20(22,23)14-6-5-11-7-16(24-15(11)8-14)17(26)25-19(18(27)28)9-12-3-1-2-4-13(12)10-19/h1-8,24H,9-10H2,(H,25,26)(H,27,28). The second-order valence-corrected chi connectivity index (χ2v) is 6.95. The van der Waals surface area contributed by atoms with E-state index >= 15 is 0 Å². The first kappa shape index (κ1) is 18.1. The Bertz CT molecular complexity index is 1080. The highest BCUT2D eigenvalue weighted by molar-refractivity contribution is 6.01. The number of hydrogen-bond acceptors (Lipinski definition) is 2. The summed E-state index contributed by atoms with van der Waals surface area (Å²) < 4.78 is 38.6. The topological polar surface area (TPSA) is 82.2 Å². The van der Waals surface area contributed by atoms with Crippen molar-refractivity contribution in [1.82, 2.24) is 10.3 Å². The molecule has 0 radical (unpaired) electrons. The van der Waals surface area contributed by atoms with Crippen molar-refractivity contribution in [2.75, 3.05) is 0 Å². The Balaban J connectivity index is 1.63. The minimum atomic E-state index is -4.50. The summed E-state index contributed by atoms with van der Waals surface area (Å²) in [6.07, 6.45) is -4.21. The van der Waals surface area contributed by atoms with Crippen molar-refractivity contribution in [1.29, 1.82) is 0 Å². The van der Waals surface area contributed by atoms with Crippen LogP contribution in [0.2, 0.25) is 0 Å². The molecule has 0 unspecified atom stereocenters. The van der Waals surface area contributed by atoms with Crippen molar-refractivity contribution in [2.45, 2.75) is 24.6 Å². The fourth-order valence-electron chi connectivity index (χ4n) is 3.62. The number of benzene rings is 2. The van der Waals surface area contributed by atoms with Gasteiger partial charge in [0, 0.05) is 23.7 Å². The van der Waals surface area contributed by atoms with Gasteiger partial charge < -0.3 is 15.4 Å². The van der Waals surface area contributed by atoms with Crippen molar-refractivity contribution in [2.24, 2.45) is 0 Å². The molecule has 1 aromatic heterocycles. The van der Waals surface area contributed by atoms with E-state index in [-0.39, 0.29) is 24.1 Å². The summed E-state index contributed by atoms with van der Waals surface area (Å²) in [6.45, 7) is 0. The molecule has 1 aliphatic carbocycles. The summed E-state index contributed by atoms with van der Waals surface area (Å²) in [6, 6.07) is 11.8. The first-order chi connectivity index (χ1) is 13.2. The van der Waals surface area contributed by atoms with E-state index in [1.807, 2.05) is 12.1 Å². The van der Waals surface area contributed by atoms with Crippen molar-refractivity contribution >= 4 is 22.8 Å². The maximum atomic E-state index is 12.9. The number of amides is 1. The molecule has 2 aromatic carbocycles. The van der Waals surface area contributed by atoms with Crippen LogP contribution in [-0.4, -0.2) is 27.5 Å². The van der Waals surface area contributed by atoms with E-state index in [9.17, 15) is 27.9 Å². The minimum absolute atomic E-state index is 0.00547. The summed E-state index contributed by atoms with van der Waals surface area (Å²) in [7, 11) is 0. The smallest absolute Gasteiger partial charge is 0.416 e. The summed E-state index contributed by atoms with van der Waals surface area (Å²) in [4.78, 5) is 27.3. The number of H-pyrrole nitrogens is 1. The summed E-state index contributed by atoms with van der Waals surface area (Å²) in [5.74, 6) is -1.84.